The van der Waals surface area contributed by atoms with Crippen LogP contribution in [0.25, 0.3) is 0 Å². The first-order valence-electron chi connectivity index (χ1n) is 6.31. The molecule has 0 aliphatic carbocycles. The molecule has 2 rings (SSSR count). The van der Waals surface area contributed by atoms with Crippen LogP contribution in [0.5, 0.6) is 5.75 Å². The first kappa shape index (κ1) is 15.2. The van der Waals surface area contributed by atoms with E-state index in [1.54, 1.807) is 0 Å². The summed E-state index contributed by atoms with van der Waals surface area (Å²) in [7, 11) is 0. The zero-order chi connectivity index (χ0) is 14.5. The predicted molar refractivity (Wildman–Crippen MR) is 82.4 cm³/mol. The van der Waals surface area contributed by atoms with E-state index in [1.807, 2.05) is 55.5 Å². The normalized spacial score (nSPS) is 12.4. The van der Waals surface area contributed by atoms with Crippen LogP contribution in [-0.4, -0.2) is 9.94 Å². The average molecular weight is 311 g/mol. The molecule has 0 aromatic heterocycles. The molecule has 2 aromatic rings. The minimum absolute atomic E-state index is 0.429. The topological polar surface area (TPSA) is 29.5 Å². The molecule has 0 bridgehead atoms. The Hall–Kier alpha value is -1.22. The van der Waals surface area contributed by atoms with Crippen LogP contribution in [0, 0.1) is 6.92 Å². The molecule has 2 nitrogen and oxygen atoms in total. The highest BCUT2D eigenvalue weighted by atomic mass is 35.5. The van der Waals surface area contributed by atoms with Crippen molar-refractivity contribution in [2.75, 3.05) is 0 Å². The second-order valence-electron chi connectivity index (χ2n) is 4.59. The van der Waals surface area contributed by atoms with Gasteiger partial charge in [0.15, 0.2) is 0 Å². The Morgan fingerprint density at radius 3 is 2.45 bits per heavy atom. The molecule has 0 aliphatic rings. The van der Waals surface area contributed by atoms with E-state index in [9.17, 15) is 5.11 Å². The third kappa shape index (κ3) is 3.89. The summed E-state index contributed by atoms with van der Waals surface area (Å²) < 4.78 is 5.77. The molecule has 0 fully saturated rings. The highest BCUT2D eigenvalue weighted by Gasteiger charge is 2.20. The van der Waals surface area contributed by atoms with Crippen LogP contribution < -0.4 is 4.74 Å². The fourth-order valence-corrected chi connectivity index (χ4v) is 2.17. The van der Waals surface area contributed by atoms with Gasteiger partial charge in [0.05, 0.1) is 0 Å². The average Bonchev–Trinajstić information content (AvgIpc) is 2.46. The highest BCUT2D eigenvalue weighted by molar-refractivity contribution is 6.44. The Balaban J connectivity index is 2.18. The van der Waals surface area contributed by atoms with Gasteiger partial charge in [-0.3, -0.25) is 0 Å². The third-order valence-corrected chi connectivity index (χ3v) is 3.44. The first-order valence-corrected chi connectivity index (χ1v) is 7.18. The van der Waals surface area contributed by atoms with Crippen molar-refractivity contribution >= 4 is 23.2 Å². The van der Waals surface area contributed by atoms with Crippen LogP contribution in [0.4, 0.5) is 0 Å². The number of hydrogen-bond donors (Lipinski definition) is 1. The number of aryl methyl sites for hydroxylation is 1. The van der Waals surface area contributed by atoms with Gasteiger partial charge in [-0.05, 0) is 24.6 Å². The Morgan fingerprint density at radius 2 is 1.80 bits per heavy atom. The van der Waals surface area contributed by atoms with Crippen molar-refractivity contribution in [1.82, 2.24) is 0 Å². The summed E-state index contributed by atoms with van der Waals surface area (Å²) in [6.07, 6.45) is -0.969. The molecule has 106 valence electrons. The maximum Gasteiger partial charge on any atom is 0.137 e. The fourth-order valence-electron chi connectivity index (χ4n) is 1.90. The molecule has 0 heterocycles. The van der Waals surface area contributed by atoms with Gasteiger partial charge in [-0.1, -0.05) is 42.0 Å². The lowest BCUT2D eigenvalue weighted by atomic mass is 10.1. The number of benzene rings is 2. The van der Waals surface area contributed by atoms with E-state index >= 15 is 0 Å². The van der Waals surface area contributed by atoms with Gasteiger partial charge < -0.3 is 9.84 Å². The first-order chi connectivity index (χ1) is 9.58. The molecule has 4 heteroatoms. The summed E-state index contributed by atoms with van der Waals surface area (Å²) in [6, 6.07) is 15.4. The molecule has 0 aliphatic heterocycles. The maximum atomic E-state index is 10.1. The van der Waals surface area contributed by atoms with Crippen LogP contribution in [-0.2, 0) is 6.61 Å². The Kier molecular flexibility index (Phi) is 5.30. The van der Waals surface area contributed by atoms with Gasteiger partial charge in [0, 0.05) is 5.56 Å². The molecule has 0 amide bonds. The van der Waals surface area contributed by atoms with E-state index in [2.05, 4.69) is 0 Å². The maximum absolute atomic E-state index is 10.1. The molecule has 1 N–H and O–H groups in total. The number of halogens is 2. The van der Waals surface area contributed by atoms with Crippen molar-refractivity contribution in [3.63, 3.8) is 0 Å². The van der Waals surface area contributed by atoms with Crippen LogP contribution in [0.2, 0.25) is 0 Å². The van der Waals surface area contributed by atoms with Gasteiger partial charge >= 0.3 is 0 Å². The lowest BCUT2D eigenvalue weighted by molar-refractivity contribution is 0.184. The van der Waals surface area contributed by atoms with Crippen LogP contribution >= 0.6 is 23.2 Å². The standard InChI is InChI=1S/C16H16Cl2O2/c1-11-7-8-14(13(9-11)15(19)16(17)18)20-10-12-5-3-2-4-6-12/h2-9,15-16,19H,10H2,1H3. The summed E-state index contributed by atoms with van der Waals surface area (Å²) in [4.78, 5) is -0.893. The summed E-state index contributed by atoms with van der Waals surface area (Å²) in [5, 5.41) is 10.1. The fraction of sp³-hybridized carbons (Fsp3) is 0.250. The van der Waals surface area contributed by atoms with Crippen molar-refractivity contribution in [2.45, 2.75) is 24.5 Å². The van der Waals surface area contributed by atoms with Crippen LogP contribution in [0.1, 0.15) is 22.8 Å². The largest absolute Gasteiger partial charge is 0.489 e. The molecular formula is C16H16Cl2O2. The second-order valence-corrected chi connectivity index (χ2v) is 5.76. The van der Waals surface area contributed by atoms with Crippen LogP contribution in [0.15, 0.2) is 48.5 Å². The predicted octanol–water partition coefficient (Wildman–Crippen LogP) is 4.41. The Labute approximate surface area is 128 Å². The van der Waals surface area contributed by atoms with E-state index in [0.29, 0.717) is 17.9 Å². The monoisotopic (exact) mass is 310 g/mol. The number of hydrogen-bond acceptors (Lipinski definition) is 2. The van der Waals surface area contributed by atoms with Gasteiger partial charge in [-0.2, -0.15) is 0 Å². The summed E-state index contributed by atoms with van der Waals surface area (Å²) >= 11 is 11.5. The van der Waals surface area contributed by atoms with Crippen molar-refractivity contribution in [1.29, 1.82) is 0 Å². The van der Waals surface area contributed by atoms with Gasteiger partial charge in [-0.15, -0.1) is 23.2 Å². The van der Waals surface area contributed by atoms with Gasteiger partial charge in [0.2, 0.25) is 0 Å². The number of aliphatic hydroxyl groups is 1. The van der Waals surface area contributed by atoms with Crippen molar-refractivity contribution in [3.05, 3.63) is 65.2 Å². The van der Waals surface area contributed by atoms with Crippen molar-refractivity contribution < 1.29 is 9.84 Å². The molecule has 1 atom stereocenters. The molecule has 0 saturated heterocycles. The van der Waals surface area contributed by atoms with Gasteiger partial charge in [0.25, 0.3) is 0 Å². The lowest BCUT2D eigenvalue weighted by Crippen LogP contribution is -2.09. The molecule has 20 heavy (non-hydrogen) atoms. The van der Waals surface area contributed by atoms with Gasteiger partial charge in [0.1, 0.15) is 23.3 Å². The zero-order valence-corrected chi connectivity index (χ0v) is 12.6. The molecule has 0 spiro atoms. The van der Waals surface area contributed by atoms with E-state index in [1.165, 1.54) is 0 Å². The zero-order valence-electron chi connectivity index (χ0n) is 11.1. The van der Waals surface area contributed by atoms with E-state index in [0.717, 1.165) is 11.1 Å². The number of aliphatic hydroxyl groups excluding tert-OH is 1. The quantitative estimate of drug-likeness (QED) is 0.829. The highest BCUT2D eigenvalue weighted by Crippen LogP contribution is 2.32. The lowest BCUT2D eigenvalue weighted by Gasteiger charge is -2.17. The minimum Gasteiger partial charge on any atom is -0.489 e. The number of rotatable bonds is 5. The SMILES string of the molecule is Cc1ccc(OCc2ccccc2)c(C(O)C(Cl)Cl)c1. The summed E-state index contributed by atoms with van der Waals surface area (Å²) in [5.74, 6) is 0.596. The summed E-state index contributed by atoms with van der Waals surface area (Å²) in [6.45, 7) is 2.37. The van der Waals surface area contributed by atoms with E-state index in [-0.39, 0.29) is 0 Å². The molecule has 2 aromatic carbocycles. The van der Waals surface area contributed by atoms with Crippen LogP contribution in [0.3, 0.4) is 0 Å². The smallest absolute Gasteiger partial charge is 0.137 e. The molecular weight excluding hydrogens is 295 g/mol. The molecule has 0 radical (unpaired) electrons. The molecule has 0 saturated carbocycles. The minimum atomic E-state index is -0.969. The Bertz CT molecular complexity index is 556. The Morgan fingerprint density at radius 1 is 1.10 bits per heavy atom. The molecule has 1 unspecified atom stereocenters. The van der Waals surface area contributed by atoms with Crippen molar-refractivity contribution in [2.24, 2.45) is 0 Å². The second kappa shape index (κ2) is 6.98. The third-order valence-electron chi connectivity index (χ3n) is 2.96. The number of alkyl halides is 2. The van der Waals surface area contributed by atoms with E-state index < -0.39 is 10.9 Å². The summed E-state index contributed by atoms with van der Waals surface area (Å²) in [5.41, 5.74) is 2.68. The van der Waals surface area contributed by atoms with Gasteiger partial charge in [-0.25, -0.2) is 0 Å². The number of ether oxygens (including phenoxy) is 1. The van der Waals surface area contributed by atoms with Crippen molar-refractivity contribution in [3.8, 4) is 5.75 Å². The van der Waals surface area contributed by atoms with E-state index in [4.69, 9.17) is 27.9 Å².